The largest absolute Gasteiger partial charge is 0.491 e. The fourth-order valence-electron chi connectivity index (χ4n) is 2.22. The molecule has 0 atom stereocenters. The Kier molecular flexibility index (Phi) is 5.41. The van der Waals surface area contributed by atoms with Gasteiger partial charge in [-0.1, -0.05) is 6.07 Å². The number of pyridine rings is 1. The molecule has 0 radical (unpaired) electrons. The monoisotopic (exact) mass is 335 g/mol. The first-order valence-electron chi connectivity index (χ1n) is 8.19. The van der Waals surface area contributed by atoms with Gasteiger partial charge >= 0.3 is 0 Å². The molecule has 2 heterocycles. The molecule has 25 heavy (non-hydrogen) atoms. The maximum atomic E-state index is 5.64. The Morgan fingerprint density at radius 2 is 1.80 bits per heavy atom. The van der Waals surface area contributed by atoms with Crippen molar-refractivity contribution in [2.75, 3.05) is 10.6 Å². The van der Waals surface area contributed by atoms with E-state index in [1.165, 1.54) is 0 Å². The highest BCUT2D eigenvalue weighted by molar-refractivity contribution is 5.57. The fraction of sp³-hybridized carbons (Fsp3) is 0.211. The standard InChI is InChI=1S/C19H21N5O/c1-14(2)25-17-8-6-15(7-9-17)23-18-10-12-21-19(24-18)22-13-16-5-3-4-11-20-16/h3-12,14H,13H2,1-2H3,(H2,21,22,23,24). The van der Waals surface area contributed by atoms with Gasteiger partial charge in [-0.15, -0.1) is 0 Å². The molecule has 6 heteroatoms. The van der Waals surface area contributed by atoms with Crippen LogP contribution in [0, 0.1) is 0 Å². The minimum Gasteiger partial charge on any atom is -0.491 e. The highest BCUT2D eigenvalue weighted by Gasteiger charge is 2.02. The molecule has 0 aliphatic carbocycles. The summed E-state index contributed by atoms with van der Waals surface area (Å²) < 4.78 is 5.64. The summed E-state index contributed by atoms with van der Waals surface area (Å²) in [6, 6.07) is 15.4. The summed E-state index contributed by atoms with van der Waals surface area (Å²) in [4.78, 5) is 13.0. The summed E-state index contributed by atoms with van der Waals surface area (Å²) >= 11 is 0. The van der Waals surface area contributed by atoms with Crippen LogP contribution in [0.25, 0.3) is 0 Å². The summed E-state index contributed by atoms with van der Waals surface area (Å²) in [6.07, 6.45) is 3.64. The summed E-state index contributed by atoms with van der Waals surface area (Å²) in [5, 5.41) is 6.43. The van der Waals surface area contributed by atoms with E-state index in [-0.39, 0.29) is 6.10 Å². The Labute approximate surface area is 147 Å². The number of benzene rings is 1. The second kappa shape index (κ2) is 8.10. The SMILES string of the molecule is CC(C)Oc1ccc(Nc2ccnc(NCc3ccccn3)n2)cc1. The lowest BCUT2D eigenvalue weighted by Crippen LogP contribution is -2.06. The van der Waals surface area contributed by atoms with Gasteiger partial charge in [-0.25, -0.2) is 4.98 Å². The quantitative estimate of drug-likeness (QED) is 0.679. The maximum absolute atomic E-state index is 5.64. The summed E-state index contributed by atoms with van der Waals surface area (Å²) in [6.45, 7) is 4.59. The Morgan fingerprint density at radius 3 is 2.52 bits per heavy atom. The predicted octanol–water partition coefficient (Wildman–Crippen LogP) is 4.01. The van der Waals surface area contributed by atoms with Gasteiger partial charge in [-0.3, -0.25) is 4.98 Å². The van der Waals surface area contributed by atoms with E-state index in [1.54, 1.807) is 12.4 Å². The molecule has 0 saturated heterocycles. The third-order valence-corrected chi connectivity index (χ3v) is 3.31. The molecule has 2 aromatic heterocycles. The first-order chi connectivity index (χ1) is 12.2. The zero-order valence-corrected chi connectivity index (χ0v) is 14.3. The smallest absolute Gasteiger partial charge is 0.224 e. The van der Waals surface area contributed by atoms with Crippen LogP contribution < -0.4 is 15.4 Å². The molecular weight excluding hydrogens is 314 g/mol. The molecule has 0 saturated carbocycles. The average molecular weight is 335 g/mol. The molecule has 2 N–H and O–H groups in total. The van der Waals surface area contributed by atoms with E-state index < -0.39 is 0 Å². The highest BCUT2D eigenvalue weighted by atomic mass is 16.5. The molecular formula is C19H21N5O. The van der Waals surface area contributed by atoms with Crippen LogP contribution in [0.4, 0.5) is 17.5 Å². The van der Waals surface area contributed by atoms with E-state index >= 15 is 0 Å². The third-order valence-electron chi connectivity index (χ3n) is 3.31. The van der Waals surface area contributed by atoms with Crippen LogP contribution in [0.5, 0.6) is 5.75 Å². The number of anilines is 3. The molecule has 0 bridgehead atoms. The highest BCUT2D eigenvalue weighted by Crippen LogP contribution is 2.20. The van der Waals surface area contributed by atoms with Crippen LogP contribution in [-0.2, 0) is 6.54 Å². The molecule has 0 amide bonds. The molecule has 0 spiro atoms. The lowest BCUT2D eigenvalue weighted by molar-refractivity contribution is 0.242. The number of ether oxygens (including phenoxy) is 1. The van der Waals surface area contributed by atoms with E-state index in [0.717, 1.165) is 22.9 Å². The minimum absolute atomic E-state index is 0.161. The Balaban J connectivity index is 1.61. The van der Waals surface area contributed by atoms with Crippen molar-refractivity contribution < 1.29 is 4.74 Å². The topological polar surface area (TPSA) is 72.0 Å². The lowest BCUT2D eigenvalue weighted by Gasteiger charge is -2.11. The molecule has 0 aliphatic heterocycles. The summed E-state index contributed by atoms with van der Waals surface area (Å²) in [7, 11) is 0. The first kappa shape index (κ1) is 16.7. The molecule has 128 valence electrons. The van der Waals surface area contributed by atoms with Gasteiger partial charge in [0, 0.05) is 18.1 Å². The van der Waals surface area contributed by atoms with E-state index in [0.29, 0.717) is 12.5 Å². The maximum Gasteiger partial charge on any atom is 0.224 e. The zero-order chi connectivity index (χ0) is 17.5. The van der Waals surface area contributed by atoms with Crippen molar-refractivity contribution in [3.05, 3.63) is 66.6 Å². The van der Waals surface area contributed by atoms with E-state index in [2.05, 4.69) is 25.6 Å². The van der Waals surface area contributed by atoms with Crippen LogP contribution in [0.15, 0.2) is 60.9 Å². The van der Waals surface area contributed by atoms with Gasteiger partial charge in [0.1, 0.15) is 11.6 Å². The van der Waals surface area contributed by atoms with Gasteiger partial charge in [0.15, 0.2) is 0 Å². The normalized spacial score (nSPS) is 10.5. The van der Waals surface area contributed by atoms with E-state index in [1.807, 2.05) is 62.4 Å². The number of rotatable bonds is 7. The van der Waals surface area contributed by atoms with Crippen LogP contribution >= 0.6 is 0 Å². The number of hydrogen-bond acceptors (Lipinski definition) is 6. The van der Waals surface area contributed by atoms with Crippen molar-refractivity contribution in [3.63, 3.8) is 0 Å². The van der Waals surface area contributed by atoms with Gasteiger partial charge in [0.25, 0.3) is 0 Å². The van der Waals surface area contributed by atoms with Crippen molar-refractivity contribution in [1.29, 1.82) is 0 Å². The summed E-state index contributed by atoms with van der Waals surface area (Å²) in [5.74, 6) is 2.12. The molecule has 6 nitrogen and oxygen atoms in total. The van der Waals surface area contributed by atoms with Gasteiger partial charge in [-0.05, 0) is 56.3 Å². The van der Waals surface area contributed by atoms with Crippen LogP contribution in [0.2, 0.25) is 0 Å². The van der Waals surface area contributed by atoms with Crippen LogP contribution in [0.3, 0.4) is 0 Å². The summed E-state index contributed by atoms with van der Waals surface area (Å²) in [5.41, 5.74) is 1.87. The molecule has 0 unspecified atom stereocenters. The number of nitrogens with zero attached hydrogens (tertiary/aromatic N) is 3. The van der Waals surface area contributed by atoms with Gasteiger partial charge < -0.3 is 15.4 Å². The van der Waals surface area contributed by atoms with Gasteiger partial charge in [0.2, 0.25) is 5.95 Å². The third kappa shape index (κ3) is 5.17. The second-order valence-corrected chi connectivity index (χ2v) is 5.76. The van der Waals surface area contributed by atoms with Crippen LogP contribution in [-0.4, -0.2) is 21.1 Å². The Morgan fingerprint density at radius 1 is 0.960 bits per heavy atom. The fourth-order valence-corrected chi connectivity index (χ4v) is 2.22. The minimum atomic E-state index is 0.161. The molecule has 0 aliphatic rings. The van der Waals surface area contributed by atoms with Crippen molar-refractivity contribution in [1.82, 2.24) is 15.0 Å². The molecule has 3 aromatic rings. The number of aromatic nitrogens is 3. The Hall–Kier alpha value is -3.15. The Bertz CT molecular complexity index is 790. The lowest BCUT2D eigenvalue weighted by atomic mass is 10.3. The second-order valence-electron chi connectivity index (χ2n) is 5.76. The number of hydrogen-bond donors (Lipinski definition) is 2. The van der Waals surface area contributed by atoms with Gasteiger partial charge in [0.05, 0.1) is 18.3 Å². The van der Waals surface area contributed by atoms with E-state index in [9.17, 15) is 0 Å². The molecule has 0 fully saturated rings. The van der Waals surface area contributed by atoms with E-state index in [4.69, 9.17) is 4.74 Å². The van der Waals surface area contributed by atoms with Gasteiger partial charge in [-0.2, -0.15) is 4.98 Å². The van der Waals surface area contributed by atoms with Crippen LogP contribution in [0.1, 0.15) is 19.5 Å². The zero-order valence-electron chi connectivity index (χ0n) is 14.3. The van der Waals surface area contributed by atoms with Crippen molar-refractivity contribution in [2.24, 2.45) is 0 Å². The van der Waals surface area contributed by atoms with Crippen molar-refractivity contribution in [3.8, 4) is 5.75 Å². The van der Waals surface area contributed by atoms with Crippen molar-refractivity contribution >= 4 is 17.5 Å². The first-order valence-corrected chi connectivity index (χ1v) is 8.19. The van der Waals surface area contributed by atoms with Crippen molar-refractivity contribution in [2.45, 2.75) is 26.5 Å². The molecule has 3 rings (SSSR count). The predicted molar refractivity (Wildman–Crippen MR) is 99.1 cm³/mol. The molecule has 1 aromatic carbocycles. The number of nitrogens with one attached hydrogen (secondary N) is 2. The average Bonchev–Trinajstić information content (AvgIpc) is 2.62.